The highest BCUT2D eigenvalue weighted by molar-refractivity contribution is 8.18. The minimum absolute atomic E-state index is 0.0764. The molecule has 1 N–H and O–H groups in total. The Morgan fingerprint density at radius 1 is 1.03 bits per heavy atom. The number of alkyl halides is 3. The largest absolute Gasteiger partial charge is 0.457 e. The van der Waals surface area contributed by atoms with E-state index in [9.17, 15) is 18.0 Å². The molecule has 0 atom stereocenters. The third kappa shape index (κ3) is 4.81. The van der Waals surface area contributed by atoms with Gasteiger partial charge in [-0.2, -0.15) is 13.2 Å². The summed E-state index contributed by atoms with van der Waals surface area (Å²) < 4.78 is 44.3. The summed E-state index contributed by atoms with van der Waals surface area (Å²) in [6.07, 6.45) is -2.97. The van der Waals surface area contributed by atoms with E-state index in [0.717, 1.165) is 23.9 Å². The number of rotatable bonds is 3. The lowest BCUT2D eigenvalue weighted by atomic mass is 10.2. The van der Waals surface area contributed by atoms with Gasteiger partial charge in [-0.1, -0.05) is 35.3 Å². The Morgan fingerprint density at radius 2 is 1.74 bits per heavy atom. The van der Waals surface area contributed by atoms with E-state index in [0.29, 0.717) is 27.1 Å². The third-order valence-electron chi connectivity index (χ3n) is 4.16. The summed E-state index contributed by atoms with van der Waals surface area (Å²) in [5.74, 6) is 0.372. The summed E-state index contributed by atoms with van der Waals surface area (Å²) in [7, 11) is 0. The van der Waals surface area contributed by atoms with Crippen LogP contribution in [0.5, 0.6) is 0 Å². The lowest BCUT2D eigenvalue weighted by molar-refractivity contribution is -0.137. The van der Waals surface area contributed by atoms with Crippen LogP contribution in [0.25, 0.3) is 17.4 Å². The van der Waals surface area contributed by atoms with Gasteiger partial charge >= 0.3 is 6.18 Å². The predicted octanol–water partition coefficient (Wildman–Crippen LogP) is 7.16. The van der Waals surface area contributed by atoms with E-state index in [-0.39, 0.29) is 15.8 Å². The summed E-state index contributed by atoms with van der Waals surface area (Å²) in [6.45, 7) is 0. The van der Waals surface area contributed by atoms with Crippen molar-refractivity contribution < 1.29 is 22.4 Å². The highest BCUT2D eigenvalue weighted by Gasteiger charge is 2.31. The zero-order valence-corrected chi connectivity index (χ0v) is 17.7. The van der Waals surface area contributed by atoms with Crippen LogP contribution >= 0.6 is 35.0 Å². The summed E-state index contributed by atoms with van der Waals surface area (Å²) in [5, 5.41) is 3.53. The molecule has 0 bridgehead atoms. The van der Waals surface area contributed by atoms with E-state index >= 15 is 0 Å². The van der Waals surface area contributed by atoms with Crippen molar-refractivity contribution in [3.63, 3.8) is 0 Å². The number of nitrogens with zero attached hydrogens (tertiary/aromatic N) is 1. The number of thioether (sulfide) groups is 1. The zero-order chi connectivity index (χ0) is 22.2. The van der Waals surface area contributed by atoms with Crippen LogP contribution in [0.4, 0.5) is 18.9 Å². The maximum absolute atomic E-state index is 12.9. The van der Waals surface area contributed by atoms with Gasteiger partial charge in [0.25, 0.3) is 5.91 Å². The Kier molecular flexibility index (Phi) is 5.88. The topological polar surface area (TPSA) is 54.6 Å². The maximum Gasteiger partial charge on any atom is 0.416 e. The second-order valence-corrected chi connectivity index (χ2v) is 8.17. The quantitative estimate of drug-likeness (QED) is 0.402. The molecule has 0 saturated carbocycles. The van der Waals surface area contributed by atoms with Crippen molar-refractivity contribution in [2.75, 3.05) is 0 Å². The molecule has 1 fully saturated rings. The smallest absolute Gasteiger partial charge is 0.416 e. The van der Waals surface area contributed by atoms with E-state index in [1.807, 2.05) is 0 Å². The number of halogens is 5. The number of hydrogen-bond acceptors (Lipinski definition) is 4. The van der Waals surface area contributed by atoms with Gasteiger partial charge in [0.05, 0.1) is 31.8 Å². The van der Waals surface area contributed by atoms with E-state index in [4.69, 9.17) is 27.6 Å². The first kappa shape index (κ1) is 21.5. The van der Waals surface area contributed by atoms with Crippen LogP contribution in [0.2, 0.25) is 10.0 Å². The van der Waals surface area contributed by atoms with Gasteiger partial charge in [-0.15, -0.1) is 0 Å². The molecule has 0 spiro atoms. The van der Waals surface area contributed by atoms with Crippen LogP contribution < -0.4 is 5.32 Å². The molecular formula is C21H11Cl2F3N2O2S. The standard InChI is InChI=1S/C21H11Cl2F3N2O2S/c22-14-5-2-6-15(23)18(14)16-8-7-13(30-16)10-17-19(29)28-20(31-17)27-12-4-1-3-11(9-12)21(24,25)26/h1-10H,(H,27,28,29)/b17-10+. The van der Waals surface area contributed by atoms with Crippen molar-refractivity contribution in [2.24, 2.45) is 4.99 Å². The predicted molar refractivity (Wildman–Crippen MR) is 116 cm³/mol. The molecule has 2 heterocycles. The highest BCUT2D eigenvalue weighted by atomic mass is 35.5. The lowest BCUT2D eigenvalue weighted by Gasteiger charge is -2.06. The Bertz CT molecular complexity index is 1220. The normalized spacial score (nSPS) is 16.9. The number of hydrogen-bond donors (Lipinski definition) is 1. The first-order valence-electron chi connectivity index (χ1n) is 8.72. The van der Waals surface area contributed by atoms with Gasteiger partial charge in [0.1, 0.15) is 11.5 Å². The van der Waals surface area contributed by atoms with Crippen molar-refractivity contribution in [1.29, 1.82) is 0 Å². The molecule has 31 heavy (non-hydrogen) atoms. The molecule has 10 heteroatoms. The maximum atomic E-state index is 12.9. The number of nitrogens with one attached hydrogen (secondary N) is 1. The van der Waals surface area contributed by atoms with Crippen molar-refractivity contribution in [1.82, 2.24) is 5.32 Å². The van der Waals surface area contributed by atoms with E-state index in [1.54, 1.807) is 30.3 Å². The van der Waals surface area contributed by atoms with Crippen molar-refractivity contribution >= 4 is 57.8 Å². The molecule has 1 aliphatic rings. The van der Waals surface area contributed by atoms with E-state index in [1.165, 1.54) is 18.2 Å². The van der Waals surface area contributed by atoms with Crippen LogP contribution in [0.1, 0.15) is 11.3 Å². The Labute approximate surface area is 188 Å². The summed E-state index contributed by atoms with van der Waals surface area (Å²) in [5.41, 5.74) is -0.209. The van der Waals surface area contributed by atoms with Crippen LogP contribution in [0.15, 0.2) is 68.9 Å². The molecular weight excluding hydrogens is 472 g/mol. The fourth-order valence-corrected chi connectivity index (χ4v) is 4.18. The fraction of sp³-hybridized carbons (Fsp3) is 0.0476. The van der Waals surface area contributed by atoms with Gasteiger partial charge in [0.2, 0.25) is 0 Å². The second kappa shape index (κ2) is 8.45. The highest BCUT2D eigenvalue weighted by Crippen LogP contribution is 2.37. The number of benzene rings is 2. The average Bonchev–Trinajstić information content (AvgIpc) is 3.28. The first-order valence-corrected chi connectivity index (χ1v) is 10.3. The molecule has 4 rings (SSSR count). The number of carbonyl (C=O) groups is 1. The molecule has 2 aromatic carbocycles. The number of furan rings is 1. The molecule has 1 aliphatic heterocycles. The van der Waals surface area contributed by atoms with E-state index < -0.39 is 17.6 Å². The molecule has 1 aromatic heterocycles. The van der Waals surface area contributed by atoms with Crippen LogP contribution in [0.3, 0.4) is 0 Å². The molecule has 3 aromatic rings. The minimum atomic E-state index is -4.48. The second-order valence-electron chi connectivity index (χ2n) is 6.33. The molecule has 0 radical (unpaired) electrons. The molecule has 158 valence electrons. The van der Waals surface area contributed by atoms with Gasteiger partial charge in [0.15, 0.2) is 5.17 Å². The minimum Gasteiger partial charge on any atom is -0.457 e. The molecule has 1 amide bonds. The Hall–Kier alpha value is -2.68. The van der Waals surface area contributed by atoms with Crippen LogP contribution in [0, 0.1) is 0 Å². The summed E-state index contributed by atoms with van der Waals surface area (Å²) in [6, 6.07) is 12.9. The number of carbonyl (C=O) groups excluding carboxylic acids is 1. The Balaban J connectivity index is 1.57. The third-order valence-corrected chi connectivity index (χ3v) is 5.70. The van der Waals surface area contributed by atoms with Gasteiger partial charge in [-0.3, -0.25) is 4.79 Å². The number of amides is 1. The van der Waals surface area contributed by atoms with Crippen LogP contribution in [-0.4, -0.2) is 11.1 Å². The van der Waals surface area contributed by atoms with Gasteiger partial charge in [-0.05, 0) is 54.2 Å². The van der Waals surface area contributed by atoms with Crippen molar-refractivity contribution in [3.05, 3.63) is 80.9 Å². The number of amidine groups is 1. The van der Waals surface area contributed by atoms with Gasteiger partial charge in [0, 0.05) is 6.08 Å². The zero-order valence-electron chi connectivity index (χ0n) is 15.3. The molecule has 0 aliphatic carbocycles. The summed E-state index contributed by atoms with van der Waals surface area (Å²) >= 11 is 13.4. The van der Waals surface area contributed by atoms with Crippen molar-refractivity contribution in [3.8, 4) is 11.3 Å². The fourth-order valence-electron chi connectivity index (χ4n) is 2.78. The first-order chi connectivity index (χ1) is 14.7. The summed E-state index contributed by atoms with van der Waals surface area (Å²) in [4.78, 5) is 16.6. The van der Waals surface area contributed by atoms with E-state index in [2.05, 4.69) is 10.3 Å². The van der Waals surface area contributed by atoms with Gasteiger partial charge < -0.3 is 9.73 Å². The average molecular weight is 483 g/mol. The Morgan fingerprint density at radius 3 is 2.45 bits per heavy atom. The van der Waals surface area contributed by atoms with Crippen molar-refractivity contribution in [2.45, 2.75) is 6.18 Å². The van der Waals surface area contributed by atoms with Gasteiger partial charge in [-0.25, -0.2) is 4.99 Å². The molecule has 1 saturated heterocycles. The SMILES string of the molecule is O=C1NC(=Nc2cccc(C(F)(F)F)c2)S/C1=C/c1ccc(-c2c(Cl)cccc2Cl)o1. The number of aliphatic imine (C=N–C) groups is 1. The van der Waals surface area contributed by atoms with Crippen LogP contribution in [-0.2, 0) is 11.0 Å². The lowest BCUT2D eigenvalue weighted by Crippen LogP contribution is -2.19. The molecule has 0 unspecified atom stereocenters. The monoisotopic (exact) mass is 482 g/mol. The molecule has 4 nitrogen and oxygen atoms in total.